The van der Waals surface area contributed by atoms with Crippen molar-refractivity contribution in [3.05, 3.63) is 0 Å². The van der Waals surface area contributed by atoms with Gasteiger partial charge in [-0.1, -0.05) is 46.0 Å². The first-order valence-electron chi connectivity index (χ1n) is 9.89. The largest absolute Gasteiger partial charge is 0.412 e. The fraction of sp³-hybridized carbons (Fsp3) is 1.00. The van der Waals surface area contributed by atoms with Gasteiger partial charge in [-0.3, -0.25) is 0 Å². The van der Waals surface area contributed by atoms with E-state index < -0.39 is 24.4 Å². The molecule has 0 aliphatic heterocycles. The first kappa shape index (κ1) is 22.8. The Hall–Kier alpha value is -0.290. The molecule has 3 saturated carbocycles. The molecule has 25 heavy (non-hydrogen) atoms. The molecule has 152 valence electrons. The number of alkyl halides is 3. The van der Waals surface area contributed by atoms with E-state index in [0.717, 1.165) is 31.6 Å². The molecule has 0 saturated heterocycles. The Balaban J connectivity index is 0.00000208. The monoisotopic (exact) mass is 368 g/mol. The van der Waals surface area contributed by atoms with Crippen LogP contribution in [0.3, 0.4) is 0 Å². The highest BCUT2D eigenvalue weighted by Gasteiger charge is 2.51. The molecule has 0 aromatic carbocycles. The summed E-state index contributed by atoms with van der Waals surface area (Å²) in [7, 11) is 0. The maximum absolute atomic E-state index is 14.6. The lowest BCUT2D eigenvalue weighted by Crippen LogP contribution is -2.51. The van der Waals surface area contributed by atoms with Gasteiger partial charge in [0.1, 0.15) is 18.5 Å². The van der Waals surface area contributed by atoms with E-state index in [1.54, 1.807) is 0 Å². The molecule has 0 aromatic heterocycles. The molecule has 3 aliphatic carbocycles. The molecular formula is C20H39F3O2. The molecule has 0 heterocycles. The standard InChI is InChI=1S/C20H33F3.2H2O.H2/c1-12-3-6-14(7-4-12)8-10-16-11-15-9-5-13(2)18(21)17(15)20(23)19(16)22;;;/h12-20H,3-11H2,1-2H3;2*1H2;1H. The van der Waals surface area contributed by atoms with E-state index in [9.17, 15) is 13.2 Å². The van der Waals surface area contributed by atoms with E-state index in [4.69, 9.17) is 0 Å². The van der Waals surface area contributed by atoms with Crippen LogP contribution in [0.4, 0.5) is 13.2 Å². The third kappa shape index (κ3) is 4.91. The summed E-state index contributed by atoms with van der Waals surface area (Å²) in [5, 5.41) is 0. The highest BCUT2D eigenvalue weighted by molar-refractivity contribution is 4.99. The van der Waals surface area contributed by atoms with Crippen molar-refractivity contribution < 1.29 is 25.6 Å². The third-order valence-electron chi connectivity index (χ3n) is 7.26. The first-order valence-corrected chi connectivity index (χ1v) is 9.89. The van der Waals surface area contributed by atoms with E-state index in [-0.39, 0.29) is 30.1 Å². The highest BCUT2D eigenvalue weighted by atomic mass is 19.2. The number of hydrogen-bond acceptors (Lipinski definition) is 0. The van der Waals surface area contributed by atoms with Gasteiger partial charge in [-0.15, -0.1) is 0 Å². The predicted molar refractivity (Wildman–Crippen MR) is 97.9 cm³/mol. The van der Waals surface area contributed by atoms with Gasteiger partial charge >= 0.3 is 0 Å². The van der Waals surface area contributed by atoms with Gasteiger partial charge in [0, 0.05) is 7.34 Å². The summed E-state index contributed by atoms with van der Waals surface area (Å²) in [5.41, 5.74) is 0. The minimum atomic E-state index is -1.58. The molecule has 2 nitrogen and oxygen atoms in total. The fourth-order valence-corrected chi connectivity index (χ4v) is 5.51. The van der Waals surface area contributed by atoms with E-state index >= 15 is 0 Å². The van der Waals surface area contributed by atoms with Crippen LogP contribution in [0.2, 0.25) is 0 Å². The zero-order valence-electron chi connectivity index (χ0n) is 15.7. The van der Waals surface area contributed by atoms with Crippen molar-refractivity contribution in [2.75, 3.05) is 0 Å². The van der Waals surface area contributed by atoms with Crippen LogP contribution in [0.15, 0.2) is 0 Å². The number of rotatable bonds is 3. The minimum Gasteiger partial charge on any atom is -0.412 e. The number of halogens is 3. The van der Waals surface area contributed by atoms with Crippen LogP contribution >= 0.6 is 0 Å². The van der Waals surface area contributed by atoms with Crippen molar-refractivity contribution >= 4 is 0 Å². The molecular weight excluding hydrogens is 329 g/mol. The fourth-order valence-electron chi connectivity index (χ4n) is 5.51. The Labute approximate surface area is 152 Å². The predicted octanol–water partition coefficient (Wildman–Crippen LogP) is 4.89. The van der Waals surface area contributed by atoms with Gasteiger partial charge in [0.2, 0.25) is 0 Å². The highest BCUT2D eigenvalue weighted by Crippen LogP contribution is 2.49. The van der Waals surface area contributed by atoms with E-state index in [1.807, 2.05) is 6.92 Å². The Morgan fingerprint density at radius 1 is 0.760 bits per heavy atom. The SMILES string of the molecule is CC1CCC(CCC2CC3CCC(C)C(F)C3C(F)C2F)CC1.O.O.[HH]. The molecule has 0 radical (unpaired) electrons. The second kappa shape index (κ2) is 9.59. The quantitative estimate of drug-likeness (QED) is 0.681. The third-order valence-corrected chi connectivity index (χ3v) is 7.26. The average Bonchev–Trinajstić information content (AvgIpc) is 2.54. The maximum Gasteiger partial charge on any atom is 0.137 e. The van der Waals surface area contributed by atoms with Gasteiger partial charge in [0.15, 0.2) is 0 Å². The molecule has 3 rings (SSSR count). The second-order valence-corrected chi connectivity index (χ2v) is 8.92. The number of hydrogen-bond donors (Lipinski definition) is 0. The van der Waals surface area contributed by atoms with Gasteiger partial charge in [-0.05, 0) is 55.3 Å². The van der Waals surface area contributed by atoms with Crippen molar-refractivity contribution in [1.82, 2.24) is 0 Å². The summed E-state index contributed by atoms with van der Waals surface area (Å²) < 4.78 is 43.5. The minimum absolute atomic E-state index is 0. The molecule has 0 spiro atoms. The number of fused-ring (bicyclic) bond motifs is 1. The maximum atomic E-state index is 14.6. The summed E-state index contributed by atoms with van der Waals surface area (Å²) in [6, 6.07) is 0. The van der Waals surface area contributed by atoms with Crippen LogP contribution in [-0.2, 0) is 0 Å². The van der Waals surface area contributed by atoms with E-state index in [0.29, 0.717) is 12.3 Å². The van der Waals surface area contributed by atoms with Crippen molar-refractivity contribution in [2.45, 2.75) is 90.1 Å². The van der Waals surface area contributed by atoms with Crippen LogP contribution in [0.5, 0.6) is 0 Å². The van der Waals surface area contributed by atoms with Gasteiger partial charge < -0.3 is 11.0 Å². The molecule has 3 aliphatic rings. The Bertz CT molecular complexity index is 391. The summed E-state index contributed by atoms with van der Waals surface area (Å²) in [6.45, 7) is 4.15. The van der Waals surface area contributed by atoms with Crippen LogP contribution < -0.4 is 0 Å². The molecule has 0 bridgehead atoms. The second-order valence-electron chi connectivity index (χ2n) is 8.92. The summed E-state index contributed by atoms with van der Waals surface area (Å²) in [4.78, 5) is 0. The topological polar surface area (TPSA) is 63.0 Å². The lowest BCUT2D eigenvalue weighted by atomic mass is 9.62. The van der Waals surface area contributed by atoms with Crippen molar-refractivity contribution in [2.24, 2.45) is 35.5 Å². The van der Waals surface area contributed by atoms with Gasteiger partial charge in [0.25, 0.3) is 0 Å². The lowest BCUT2D eigenvalue weighted by molar-refractivity contribution is -0.0821. The van der Waals surface area contributed by atoms with Crippen LogP contribution in [-0.4, -0.2) is 29.5 Å². The molecule has 7 unspecified atom stereocenters. The van der Waals surface area contributed by atoms with E-state index in [2.05, 4.69) is 6.92 Å². The molecule has 4 N–H and O–H groups in total. The first-order chi connectivity index (χ1) is 11.0. The zero-order valence-corrected chi connectivity index (χ0v) is 15.7. The normalized spacial score (nSPS) is 47.2. The molecule has 7 atom stereocenters. The van der Waals surface area contributed by atoms with Crippen LogP contribution in [0, 0.1) is 35.5 Å². The van der Waals surface area contributed by atoms with Crippen LogP contribution in [0.1, 0.15) is 73.1 Å². The summed E-state index contributed by atoms with van der Waals surface area (Å²) in [5.74, 6) is 0.639. The molecule has 3 fully saturated rings. The lowest BCUT2D eigenvalue weighted by Gasteiger charge is -2.47. The zero-order chi connectivity index (χ0) is 16.6. The van der Waals surface area contributed by atoms with Gasteiger partial charge in [-0.25, -0.2) is 13.2 Å². The van der Waals surface area contributed by atoms with Crippen molar-refractivity contribution in [3.63, 3.8) is 0 Å². The Morgan fingerprint density at radius 3 is 2.04 bits per heavy atom. The molecule has 0 amide bonds. The smallest absolute Gasteiger partial charge is 0.137 e. The van der Waals surface area contributed by atoms with Crippen LogP contribution in [0.25, 0.3) is 0 Å². The molecule has 0 aromatic rings. The van der Waals surface area contributed by atoms with E-state index in [1.165, 1.54) is 25.7 Å². The Kier molecular flexibility index (Phi) is 8.73. The summed E-state index contributed by atoms with van der Waals surface area (Å²) in [6.07, 6.45) is 5.16. The summed E-state index contributed by atoms with van der Waals surface area (Å²) >= 11 is 0. The van der Waals surface area contributed by atoms with Crippen molar-refractivity contribution in [3.8, 4) is 0 Å². The Morgan fingerprint density at radius 2 is 1.40 bits per heavy atom. The van der Waals surface area contributed by atoms with Crippen molar-refractivity contribution in [1.29, 1.82) is 0 Å². The van der Waals surface area contributed by atoms with Gasteiger partial charge in [-0.2, -0.15) is 0 Å². The van der Waals surface area contributed by atoms with Gasteiger partial charge in [0.05, 0.1) is 0 Å². The molecule has 5 heteroatoms. The average molecular weight is 369 g/mol.